The Kier molecular flexibility index (Phi) is 5.23. The lowest BCUT2D eigenvalue weighted by Gasteiger charge is -2.29. The summed E-state index contributed by atoms with van der Waals surface area (Å²) in [6.45, 7) is 0. The third-order valence-corrected chi connectivity index (χ3v) is 4.42. The number of hydrogen-bond donors (Lipinski definition) is 2. The first-order valence-corrected chi connectivity index (χ1v) is 7.69. The highest BCUT2D eigenvalue weighted by Gasteiger charge is 2.39. The van der Waals surface area contributed by atoms with Crippen LogP contribution in [0.25, 0.3) is 0 Å². The number of carbonyl (C=O) groups excluding carboxylic acids is 1. The van der Waals surface area contributed by atoms with Crippen molar-refractivity contribution in [2.24, 2.45) is 0 Å². The molecule has 1 aliphatic carbocycles. The van der Waals surface area contributed by atoms with E-state index in [1.807, 2.05) is 6.07 Å². The van der Waals surface area contributed by atoms with Crippen molar-refractivity contribution < 1.29 is 14.7 Å². The first-order chi connectivity index (χ1) is 10.0. The van der Waals surface area contributed by atoms with Crippen LogP contribution in [-0.4, -0.2) is 22.5 Å². The fourth-order valence-electron chi connectivity index (χ4n) is 2.85. The molecular weight excluding hydrogens is 290 g/mol. The Morgan fingerprint density at radius 1 is 1.14 bits per heavy atom. The van der Waals surface area contributed by atoms with Crippen LogP contribution in [0.5, 0.6) is 0 Å². The summed E-state index contributed by atoms with van der Waals surface area (Å²) in [5.41, 5.74) is -0.403. The molecular formula is C16H20ClNO3. The van der Waals surface area contributed by atoms with Crippen LogP contribution >= 0.6 is 11.6 Å². The van der Waals surface area contributed by atoms with Crippen molar-refractivity contribution in [3.05, 3.63) is 34.9 Å². The summed E-state index contributed by atoms with van der Waals surface area (Å²) in [5, 5.41) is 12.8. The Bertz CT molecular complexity index is 522. The van der Waals surface area contributed by atoms with Crippen molar-refractivity contribution in [2.45, 2.75) is 50.5 Å². The van der Waals surface area contributed by atoms with E-state index in [0.29, 0.717) is 23.4 Å². The molecule has 1 aromatic carbocycles. The molecule has 1 amide bonds. The van der Waals surface area contributed by atoms with Gasteiger partial charge >= 0.3 is 5.97 Å². The van der Waals surface area contributed by atoms with Gasteiger partial charge in [-0.3, -0.25) is 4.79 Å². The van der Waals surface area contributed by atoms with Crippen molar-refractivity contribution >= 4 is 23.5 Å². The van der Waals surface area contributed by atoms with Gasteiger partial charge in [-0.15, -0.1) is 0 Å². The number of carboxylic acid groups (broad SMARTS) is 1. The third kappa shape index (κ3) is 3.97. The van der Waals surface area contributed by atoms with Crippen molar-refractivity contribution in [1.82, 2.24) is 5.32 Å². The third-order valence-electron chi connectivity index (χ3n) is 4.05. The zero-order chi connectivity index (χ0) is 15.3. The summed E-state index contributed by atoms with van der Waals surface area (Å²) in [6.07, 6.45) is 4.81. The lowest BCUT2D eigenvalue weighted by molar-refractivity contribution is -0.148. The highest BCUT2D eigenvalue weighted by atomic mass is 35.5. The van der Waals surface area contributed by atoms with Gasteiger partial charge in [-0.05, 0) is 24.5 Å². The van der Waals surface area contributed by atoms with Gasteiger partial charge in [0.1, 0.15) is 5.54 Å². The first-order valence-electron chi connectivity index (χ1n) is 7.31. The van der Waals surface area contributed by atoms with E-state index in [4.69, 9.17) is 11.6 Å². The van der Waals surface area contributed by atoms with Crippen molar-refractivity contribution in [3.8, 4) is 0 Å². The molecule has 0 atom stereocenters. The quantitative estimate of drug-likeness (QED) is 0.839. The number of carbonyl (C=O) groups is 2. The molecule has 4 nitrogen and oxygen atoms in total. The molecule has 0 spiro atoms. The van der Waals surface area contributed by atoms with Crippen LogP contribution in [0.4, 0.5) is 0 Å². The van der Waals surface area contributed by atoms with E-state index in [9.17, 15) is 14.7 Å². The number of benzene rings is 1. The van der Waals surface area contributed by atoms with Crippen LogP contribution in [0.3, 0.4) is 0 Å². The highest BCUT2D eigenvalue weighted by molar-refractivity contribution is 6.31. The highest BCUT2D eigenvalue weighted by Crippen LogP contribution is 2.28. The van der Waals surface area contributed by atoms with Gasteiger partial charge in [0.15, 0.2) is 0 Å². The second kappa shape index (κ2) is 6.94. The van der Waals surface area contributed by atoms with E-state index in [0.717, 1.165) is 25.7 Å². The molecule has 2 rings (SSSR count). The molecule has 0 unspecified atom stereocenters. The molecule has 0 aliphatic heterocycles. The number of carboxylic acids is 1. The topological polar surface area (TPSA) is 66.4 Å². The van der Waals surface area contributed by atoms with E-state index in [1.54, 1.807) is 18.2 Å². The minimum atomic E-state index is -1.12. The first kappa shape index (κ1) is 15.8. The van der Waals surface area contributed by atoms with Gasteiger partial charge in [0.05, 0.1) is 6.42 Å². The lowest BCUT2D eigenvalue weighted by atomic mass is 9.90. The summed E-state index contributed by atoms with van der Waals surface area (Å²) in [7, 11) is 0. The molecule has 21 heavy (non-hydrogen) atoms. The van der Waals surface area contributed by atoms with Crippen molar-refractivity contribution in [1.29, 1.82) is 0 Å². The fourth-order valence-corrected chi connectivity index (χ4v) is 3.05. The molecule has 0 bridgehead atoms. The van der Waals surface area contributed by atoms with Gasteiger partial charge in [-0.2, -0.15) is 0 Å². The van der Waals surface area contributed by atoms with Crippen molar-refractivity contribution in [3.63, 3.8) is 0 Å². The average Bonchev–Trinajstić information content (AvgIpc) is 2.68. The second-order valence-corrected chi connectivity index (χ2v) is 6.03. The van der Waals surface area contributed by atoms with Crippen LogP contribution in [-0.2, 0) is 16.0 Å². The van der Waals surface area contributed by atoms with E-state index in [1.165, 1.54) is 0 Å². The van der Waals surface area contributed by atoms with Crippen LogP contribution < -0.4 is 5.32 Å². The molecule has 0 radical (unpaired) electrons. The molecule has 2 N–H and O–H groups in total. The largest absolute Gasteiger partial charge is 0.480 e. The van der Waals surface area contributed by atoms with Crippen molar-refractivity contribution in [2.75, 3.05) is 0 Å². The van der Waals surface area contributed by atoms with Crippen LogP contribution in [0.2, 0.25) is 5.02 Å². The van der Waals surface area contributed by atoms with Gasteiger partial charge < -0.3 is 10.4 Å². The SMILES string of the molecule is O=C(Cc1ccccc1Cl)NC1(C(=O)O)CCCCCC1. The maximum Gasteiger partial charge on any atom is 0.329 e. The monoisotopic (exact) mass is 309 g/mol. The standard InChI is InChI=1S/C16H20ClNO3/c17-13-8-4-3-7-12(13)11-14(19)18-16(15(20)21)9-5-1-2-6-10-16/h3-4,7-8H,1-2,5-6,9-11H2,(H,18,19)(H,20,21). The Balaban J connectivity index is 2.08. The minimum Gasteiger partial charge on any atom is -0.480 e. The molecule has 0 aromatic heterocycles. The summed E-state index contributed by atoms with van der Waals surface area (Å²) in [4.78, 5) is 23.9. The van der Waals surface area contributed by atoms with E-state index >= 15 is 0 Å². The molecule has 1 aliphatic rings. The number of amides is 1. The molecule has 1 aromatic rings. The maximum atomic E-state index is 12.2. The summed E-state index contributed by atoms with van der Waals surface area (Å²) >= 11 is 6.04. The van der Waals surface area contributed by atoms with Gasteiger partial charge in [0, 0.05) is 5.02 Å². The number of nitrogens with one attached hydrogen (secondary N) is 1. The molecule has 114 valence electrons. The normalized spacial score (nSPS) is 17.8. The van der Waals surface area contributed by atoms with Gasteiger partial charge in [-0.1, -0.05) is 55.5 Å². The number of aliphatic carboxylic acids is 1. The minimum absolute atomic E-state index is 0.106. The molecule has 0 saturated heterocycles. The lowest BCUT2D eigenvalue weighted by Crippen LogP contribution is -2.54. The molecule has 0 heterocycles. The zero-order valence-electron chi connectivity index (χ0n) is 11.9. The molecule has 1 saturated carbocycles. The number of halogens is 1. The van der Waals surface area contributed by atoms with Crippen LogP contribution in [0, 0.1) is 0 Å². The zero-order valence-corrected chi connectivity index (χ0v) is 12.7. The van der Waals surface area contributed by atoms with Crippen LogP contribution in [0.15, 0.2) is 24.3 Å². The van der Waals surface area contributed by atoms with E-state index < -0.39 is 11.5 Å². The second-order valence-electron chi connectivity index (χ2n) is 5.62. The predicted octanol–water partition coefficient (Wildman–Crippen LogP) is 3.18. The maximum absolute atomic E-state index is 12.2. The predicted molar refractivity (Wildman–Crippen MR) is 81.4 cm³/mol. The molecule has 1 fully saturated rings. The van der Waals surface area contributed by atoms with E-state index in [2.05, 4.69) is 5.32 Å². The summed E-state index contributed by atoms with van der Waals surface area (Å²) < 4.78 is 0. The van der Waals surface area contributed by atoms with Crippen LogP contribution in [0.1, 0.15) is 44.1 Å². The van der Waals surface area contributed by atoms with Gasteiger partial charge in [0.2, 0.25) is 5.91 Å². The summed E-state index contributed by atoms with van der Waals surface area (Å²) in [5.74, 6) is -1.22. The summed E-state index contributed by atoms with van der Waals surface area (Å²) in [6, 6.07) is 7.12. The Hall–Kier alpha value is -1.55. The van der Waals surface area contributed by atoms with Gasteiger partial charge in [-0.25, -0.2) is 4.79 Å². The Morgan fingerprint density at radius 2 is 1.76 bits per heavy atom. The fraction of sp³-hybridized carbons (Fsp3) is 0.500. The Labute approximate surface area is 129 Å². The smallest absolute Gasteiger partial charge is 0.329 e. The average molecular weight is 310 g/mol. The molecule has 5 heteroatoms. The Morgan fingerprint density at radius 3 is 2.33 bits per heavy atom. The van der Waals surface area contributed by atoms with E-state index in [-0.39, 0.29) is 12.3 Å². The number of hydrogen-bond acceptors (Lipinski definition) is 2. The number of rotatable bonds is 4. The van der Waals surface area contributed by atoms with Gasteiger partial charge in [0.25, 0.3) is 0 Å².